The van der Waals surface area contributed by atoms with Gasteiger partial charge in [0.1, 0.15) is 0 Å². The number of ether oxygens (including phenoxy) is 1. The molecule has 1 saturated heterocycles. The Hall–Kier alpha value is -0.0800. The van der Waals surface area contributed by atoms with Crippen LogP contribution in [0.4, 0.5) is 0 Å². The lowest BCUT2D eigenvalue weighted by atomic mass is 10.0. The van der Waals surface area contributed by atoms with Crippen LogP contribution in [0, 0.1) is 5.92 Å². The molecule has 0 spiro atoms. The molecule has 5 nitrogen and oxygen atoms in total. The summed E-state index contributed by atoms with van der Waals surface area (Å²) < 4.78 is 5.39. The van der Waals surface area contributed by atoms with E-state index in [4.69, 9.17) is 10.5 Å². The number of nitrogens with one attached hydrogen (secondary N) is 1. The van der Waals surface area contributed by atoms with E-state index in [0.717, 1.165) is 32.8 Å². The number of halogens is 1. The van der Waals surface area contributed by atoms with Crippen LogP contribution in [0.5, 0.6) is 0 Å². The lowest BCUT2D eigenvalue weighted by molar-refractivity contribution is 0.00868. The summed E-state index contributed by atoms with van der Waals surface area (Å²) in [7, 11) is 0. The second-order valence-electron chi connectivity index (χ2n) is 5.48. The van der Waals surface area contributed by atoms with Gasteiger partial charge in [0.2, 0.25) is 0 Å². The Balaban J connectivity index is 0.00000324. The van der Waals surface area contributed by atoms with Crippen LogP contribution in [-0.2, 0) is 4.74 Å². The van der Waals surface area contributed by atoms with Crippen molar-refractivity contribution in [1.82, 2.24) is 10.2 Å². The molecule has 1 rings (SSSR count). The van der Waals surface area contributed by atoms with Crippen molar-refractivity contribution < 1.29 is 4.74 Å². The molecule has 1 aliphatic heterocycles. The summed E-state index contributed by atoms with van der Waals surface area (Å²) in [5.41, 5.74) is 5.85. The molecule has 6 heteroatoms. The second kappa shape index (κ2) is 9.77. The number of aliphatic imine (C=N–C) groups is 1. The van der Waals surface area contributed by atoms with Crippen molar-refractivity contribution in [3.63, 3.8) is 0 Å². The zero-order valence-corrected chi connectivity index (χ0v) is 14.9. The Morgan fingerprint density at radius 1 is 1.26 bits per heavy atom. The van der Waals surface area contributed by atoms with E-state index < -0.39 is 0 Å². The van der Waals surface area contributed by atoms with Gasteiger partial charge in [-0.05, 0) is 19.8 Å². The molecule has 0 amide bonds. The number of hydrogen-bond donors (Lipinski definition) is 2. The van der Waals surface area contributed by atoms with E-state index >= 15 is 0 Å². The highest BCUT2D eigenvalue weighted by atomic mass is 127. The first-order valence-corrected chi connectivity index (χ1v) is 6.89. The zero-order valence-electron chi connectivity index (χ0n) is 12.6. The van der Waals surface area contributed by atoms with Gasteiger partial charge in [-0.3, -0.25) is 9.89 Å². The van der Waals surface area contributed by atoms with Gasteiger partial charge in [-0.2, -0.15) is 0 Å². The van der Waals surface area contributed by atoms with Gasteiger partial charge in [-0.1, -0.05) is 13.8 Å². The smallest absolute Gasteiger partial charge is 0.188 e. The first-order valence-electron chi connectivity index (χ1n) is 6.89. The SMILES string of the molecule is CC(C)NC(N)=NCC(C(C)C)N1CCOCC1.I. The van der Waals surface area contributed by atoms with Crippen LogP contribution in [0.3, 0.4) is 0 Å². The molecular weight excluding hydrogens is 355 g/mol. The lowest BCUT2D eigenvalue weighted by Gasteiger charge is -2.36. The fourth-order valence-corrected chi connectivity index (χ4v) is 2.19. The summed E-state index contributed by atoms with van der Waals surface area (Å²) in [6, 6.07) is 0.774. The molecule has 1 heterocycles. The van der Waals surface area contributed by atoms with Crippen molar-refractivity contribution in [2.75, 3.05) is 32.8 Å². The molecule has 1 aliphatic rings. The molecule has 0 aromatic heterocycles. The van der Waals surface area contributed by atoms with Crippen molar-refractivity contribution in [3.05, 3.63) is 0 Å². The summed E-state index contributed by atoms with van der Waals surface area (Å²) in [5, 5.41) is 3.12. The highest BCUT2D eigenvalue weighted by Gasteiger charge is 2.23. The van der Waals surface area contributed by atoms with Crippen LogP contribution in [0.1, 0.15) is 27.7 Å². The van der Waals surface area contributed by atoms with Crippen molar-refractivity contribution >= 4 is 29.9 Å². The van der Waals surface area contributed by atoms with Crippen LogP contribution in [0.25, 0.3) is 0 Å². The number of hydrogen-bond acceptors (Lipinski definition) is 3. The molecule has 1 unspecified atom stereocenters. The quantitative estimate of drug-likeness (QED) is 0.426. The first-order chi connectivity index (χ1) is 8.50. The van der Waals surface area contributed by atoms with Gasteiger partial charge >= 0.3 is 0 Å². The molecule has 114 valence electrons. The van der Waals surface area contributed by atoms with Crippen molar-refractivity contribution in [2.24, 2.45) is 16.6 Å². The van der Waals surface area contributed by atoms with Crippen molar-refractivity contribution in [2.45, 2.75) is 39.8 Å². The Labute approximate surface area is 134 Å². The molecule has 3 N–H and O–H groups in total. The predicted molar refractivity (Wildman–Crippen MR) is 91.2 cm³/mol. The maximum Gasteiger partial charge on any atom is 0.188 e. The molecule has 0 bridgehead atoms. The number of nitrogens with two attached hydrogens (primary N) is 1. The zero-order chi connectivity index (χ0) is 13.5. The summed E-state index contributed by atoms with van der Waals surface area (Å²) in [6.45, 7) is 13.0. The highest BCUT2D eigenvalue weighted by molar-refractivity contribution is 14.0. The van der Waals surface area contributed by atoms with Crippen molar-refractivity contribution in [3.8, 4) is 0 Å². The minimum atomic E-state index is 0. The standard InChI is InChI=1S/C13H28N4O.HI/c1-10(2)12(17-5-7-18-8-6-17)9-15-13(14)16-11(3)4;/h10-12H,5-9H2,1-4H3,(H3,14,15,16);1H. The predicted octanol–water partition coefficient (Wildman–Crippen LogP) is 1.27. The van der Waals surface area contributed by atoms with E-state index in [2.05, 4.69) is 42.9 Å². The Kier molecular flexibility index (Phi) is 9.72. The molecule has 1 atom stereocenters. The molecule has 19 heavy (non-hydrogen) atoms. The van der Waals surface area contributed by atoms with Crippen LogP contribution < -0.4 is 11.1 Å². The molecule has 0 aromatic carbocycles. The van der Waals surface area contributed by atoms with Gasteiger partial charge in [0.05, 0.1) is 19.8 Å². The highest BCUT2D eigenvalue weighted by Crippen LogP contribution is 2.13. The van der Waals surface area contributed by atoms with Crippen LogP contribution in [0.2, 0.25) is 0 Å². The van der Waals surface area contributed by atoms with E-state index in [0.29, 0.717) is 24.0 Å². The van der Waals surface area contributed by atoms with Crippen molar-refractivity contribution in [1.29, 1.82) is 0 Å². The Morgan fingerprint density at radius 2 is 1.84 bits per heavy atom. The number of rotatable bonds is 5. The lowest BCUT2D eigenvalue weighted by Crippen LogP contribution is -2.48. The molecular formula is C13H29IN4O. The minimum Gasteiger partial charge on any atom is -0.379 e. The van der Waals surface area contributed by atoms with Crippen LogP contribution >= 0.6 is 24.0 Å². The second-order valence-corrected chi connectivity index (χ2v) is 5.48. The minimum absolute atomic E-state index is 0. The van der Waals surface area contributed by atoms with Gasteiger partial charge in [0, 0.05) is 25.2 Å². The van der Waals surface area contributed by atoms with Crippen LogP contribution in [0.15, 0.2) is 4.99 Å². The normalized spacial score (nSPS) is 19.4. The molecule has 1 fully saturated rings. The summed E-state index contributed by atoms with van der Waals surface area (Å²) in [5.74, 6) is 1.11. The fraction of sp³-hybridized carbons (Fsp3) is 0.923. The monoisotopic (exact) mass is 384 g/mol. The Morgan fingerprint density at radius 3 is 2.32 bits per heavy atom. The third kappa shape index (κ3) is 7.31. The largest absolute Gasteiger partial charge is 0.379 e. The summed E-state index contributed by atoms with van der Waals surface area (Å²) in [6.07, 6.45) is 0. The average Bonchev–Trinajstić information content (AvgIpc) is 2.29. The maximum absolute atomic E-state index is 5.85. The van der Waals surface area contributed by atoms with E-state index in [1.165, 1.54) is 0 Å². The first kappa shape index (κ1) is 18.9. The van der Waals surface area contributed by atoms with E-state index in [1.54, 1.807) is 0 Å². The van der Waals surface area contributed by atoms with Crippen LogP contribution in [-0.4, -0.2) is 55.8 Å². The Bertz CT molecular complexity index is 265. The molecule has 0 aromatic rings. The third-order valence-electron chi connectivity index (χ3n) is 3.17. The van der Waals surface area contributed by atoms with Gasteiger partial charge in [-0.15, -0.1) is 24.0 Å². The summed E-state index contributed by atoms with van der Waals surface area (Å²) in [4.78, 5) is 6.92. The van der Waals surface area contributed by atoms with Gasteiger partial charge in [0.15, 0.2) is 5.96 Å². The number of morpholine rings is 1. The van der Waals surface area contributed by atoms with E-state index in [9.17, 15) is 0 Å². The maximum atomic E-state index is 5.85. The molecule has 0 radical (unpaired) electrons. The average molecular weight is 384 g/mol. The van der Waals surface area contributed by atoms with E-state index in [-0.39, 0.29) is 24.0 Å². The summed E-state index contributed by atoms with van der Waals surface area (Å²) >= 11 is 0. The molecule has 0 saturated carbocycles. The topological polar surface area (TPSA) is 62.9 Å². The van der Waals surface area contributed by atoms with Gasteiger partial charge < -0.3 is 15.8 Å². The molecule has 0 aliphatic carbocycles. The van der Waals surface area contributed by atoms with Gasteiger partial charge in [0.25, 0.3) is 0 Å². The number of guanidine groups is 1. The number of nitrogens with zero attached hydrogens (tertiary/aromatic N) is 2. The third-order valence-corrected chi connectivity index (χ3v) is 3.17. The van der Waals surface area contributed by atoms with E-state index in [1.807, 2.05) is 0 Å². The fourth-order valence-electron chi connectivity index (χ4n) is 2.19. The van der Waals surface area contributed by atoms with Gasteiger partial charge in [-0.25, -0.2) is 0 Å².